The lowest BCUT2D eigenvalue weighted by molar-refractivity contribution is -0.0602. The third kappa shape index (κ3) is 2.18. The van der Waals surface area contributed by atoms with E-state index >= 15 is 0 Å². The number of benzene rings is 1. The smallest absolute Gasteiger partial charge is 0.128 e. The Balaban J connectivity index is 1.57. The Morgan fingerprint density at radius 2 is 1.67 bits per heavy atom. The minimum absolute atomic E-state index is 0.0993. The number of hydrogen-bond donors (Lipinski definition) is 1. The Bertz CT molecular complexity index is 515. The lowest BCUT2D eigenvalue weighted by Crippen LogP contribution is -2.52. The molecule has 1 N–H and O–H groups in total. The number of halogens is 1. The van der Waals surface area contributed by atoms with Crippen LogP contribution in [-0.4, -0.2) is 6.04 Å². The van der Waals surface area contributed by atoms with Crippen LogP contribution in [0.1, 0.15) is 51.0 Å². The van der Waals surface area contributed by atoms with Gasteiger partial charge in [-0.2, -0.15) is 0 Å². The summed E-state index contributed by atoms with van der Waals surface area (Å²) in [6.07, 6.45) is 8.60. The monoisotopic (exact) mass is 287 g/mol. The summed E-state index contributed by atoms with van der Waals surface area (Å²) in [6, 6.07) is 5.84. The molecule has 4 fully saturated rings. The molecular weight excluding hydrogens is 261 g/mol. The lowest BCUT2D eigenvalue weighted by atomic mass is 9.48. The molecule has 1 nitrogen and oxygen atoms in total. The van der Waals surface area contributed by atoms with Crippen molar-refractivity contribution in [1.29, 1.82) is 0 Å². The molecule has 4 bridgehead atoms. The Hall–Kier alpha value is -1.05. The second-order valence-electron chi connectivity index (χ2n) is 8.06. The van der Waals surface area contributed by atoms with E-state index in [9.17, 15) is 4.39 Å². The predicted molar refractivity (Wildman–Crippen MR) is 84.8 cm³/mol. The second-order valence-corrected chi connectivity index (χ2v) is 8.06. The molecule has 2 heteroatoms. The summed E-state index contributed by atoms with van der Waals surface area (Å²) < 4.78 is 13.8. The van der Waals surface area contributed by atoms with Gasteiger partial charge < -0.3 is 5.32 Å². The zero-order chi connectivity index (χ0) is 14.6. The molecule has 1 atom stereocenters. The molecule has 4 saturated carbocycles. The number of hydrogen-bond acceptors (Lipinski definition) is 1. The summed E-state index contributed by atoms with van der Waals surface area (Å²) >= 11 is 0. The zero-order valence-corrected chi connectivity index (χ0v) is 13.2. The highest BCUT2D eigenvalue weighted by Crippen LogP contribution is 2.61. The van der Waals surface area contributed by atoms with Crippen molar-refractivity contribution in [3.63, 3.8) is 0 Å². The van der Waals surface area contributed by atoms with Gasteiger partial charge in [-0.15, -0.1) is 0 Å². The third-order valence-corrected chi connectivity index (χ3v) is 6.64. The van der Waals surface area contributed by atoms with E-state index in [0.29, 0.717) is 11.5 Å². The second kappa shape index (κ2) is 4.72. The van der Waals surface area contributed by atoms with Gasteiger partial charge >= 0.3 is 0 Å². The van der Waals surface area contributed by atoms with Gasteiger partial charge in [-0.25, -0.2) is 4.39 Å². The lowest BCUT2D eigenvalue weighted by Gasteiger charge is -2.59. The summed E-state index contributed by atoms with van der Waals surface area (Å²) in [7, 11) is 0. The van der Waals surface area contributed by atoms with Gasteiger partial charge in [0.2, 0.25) is 0 Å². The molecule has 1 unspecified atom stereocenters. The topological polar surface area (TPSA) is 12.0 Å². The molecule has 0 amide bonds. The quantitative estimate of drug-likeness (QED) is 0.810. The van der Waals surface area contributed by atoms with Crippen LogP contribution >= 0.6 is 0 Å². The van der Waals surface area contributed by atoms with Crippen molar-refractivity contribution < 1.29 is 4.39 Å². The van der Waals surface area contributed by atoms with E-state index < -0.39 is 0 Å². The van der Waals surface area contributed by atoms with Crippen LogP contribution in [0.3, 0.4) is 0 Å². The fraction of sp³-hybridized carbons (Fsp3) is 0.684. The van der Waals surface area contributed by atoms with Gasteiger partial charge in [0.25, 0.3) is 0 Å². The zero-order valence-electron chi connectivity index (χ0n) is 13.2. The summed E-state index contributed by atoms with van der Waals surface area (Å²) in [5, 5.41) is 3.67. The molecule has 5 rings (SSSR count). The maximum atomic E-state index is 13.8. The molecule has 1 aromatic carbocycles. The third-order valence-electron chi connectivity index (χ3n) is 6.64. The summed E-state index contributed by atoms with van der Waals surface area (Å²) in [5.74, 6) is 2.80. The molecule has 1 aromatic rings. The van der Waals surface area contributed by atoms with Crippen molar-refractivity contribution in [1.82, 2.24) is 0 Å². The largest absolute Gasteiger partial charge is 0.382 e. The first-order valence-corrected chi connectivity index (χ1v) is 8.57. The molecule has 4 aliphatic carbocycles. The molecule has 0 radical (unpaired) electrons. The molecule has 0 aromatic heterocycles. The maximum Gasteiger partial charge on any atom is 0.128 e. The van der Waals surface area contributed by atoms with Crippen molar-refractivity contribution >= 4 is 5.69 Å². The van der Waals surface area contributed by atoms with Gasteiger partial charge in [-0.3, -0.25) is 0 Å². The number of nitrogens with one attached hydrogen (secondary N) is 1. The molecule has 21 heavy (non-hydrogen) atoms. The fourth-order valence-electron chi connectivity index (χ4n) is 5.86. The minimum Gasteiger partial charge on any atom is -0.382 e. The Labute approximate surface area is 127 Å². The highest BCUT2D eigenvalue weighted by molar-refractivity contribution is 5.52. The first kappa shape index (κ1) is 13.6. The van der Waals surface area contributed by atoms with Crippen LogP contribution in [0.5, 0.6) is 0 Å². The summed E-state index contributed by atoms with van der Waals surface area (Å²) in [5.41, 5.74) is 2.21. The molecule has 0 aliphatic heterocycles. The van der Waals surface area contributed by atoms with E-state index in [1.54, 1.807) is 6.07 Å². The first-order chi connectivity index (χ1) is 10.1. The van der Waals surface area contributed by atoms with E-state index in [-0.39, 0.29) is 5.82 Å². The van der Waals surface area contributed by atoms with Gasteiger partial charge in [-0.05, 0) is 87.7 Å². The van der Waals surface area contributed by atoms with Crippen molar-refractivity contribution in [2.24, 2.45) is 23.2 Å². The Morgan fingerprint density at radius 1 is 1.10 bits per heavy atom. The Kier molecular flexibility index (Phi) is 3.06. The standard InChI is InChI=1S/C19H26FN/c1-12-17(20)4-3-5-18(12)21-13(2)19-9-14-6-15(10-19)8-16(7-14)11-19/h3-5,13-16,21H,6-11H2,1-2H3. The minimum atomic E-state index is -0.0993. The van der Waals surface area contributed by atoms with E-state index in [4.69, 9.17) is 0 Å². The fourth-order valence-corrected chi connectivity index (χ4v) is 5.86. The SMILES string of the molecule is Cc1c(F)cccc1NC(C)C12CC3CC(CC(C3)C1)C2. The predicted octanol–water partition coefficient (Wildman–Crippen LogP) is 5.15. The van der Waals surface area contributed by atoms with E-state index in [0.717, 1.165) is 29.0 Å². The van der Waals surface area contributed by atoms with E-state index in [1.165, 1.54) is 38.5 Å². The van der Waals surface area contributed by atoms with Crippen molar-refractivity contribution in [2.45, 2.75) is 58.4 Å². The maximum absolute atomic E-state index is 13.8. The van der Waals surface area contributed by atoms with Gasteiger partial charge in [-0.1, -0.05) is 6.07 Å². The highest BCUT2D eigenvalue weighted by Gasteiger charge is 2.53. The van der Waals surface area contributed by atoms with Crippen LogP contribution < -0.4 is 5.32 Å². The normalized spacial score (nSPS) is 38.5. The highest BCUT2D eigenvalue weighted by atomic mass is 19.1. The number of rotatable bonds is 3. The first-order valence-electron chi connectivity index (χ1n) is 8.57. The van der Waals surface area contributed by atoms with Gasteiger partial charge in [0.05, 0.1) is 0 Å². The Morgan fingerprint density at radius 3 is 2.24 bits per heavy atom. The van der Waals surface area contributed by atoms with Crippen molar-refractivity contribution in [3.8, 4) is 0 Å². The van der Waals surface area contributed by atoms with Gasteiger partial charge in [0.15, 0.2) is 0 Å². The molecule has 0 saturated heterocycles. The van der Waals surface area contributed by atoms with Crippen LogP contribution in [0.2, 0.25) is 0 Å². The molecule has 114 valence electrons. The average Bonchev–Trinajstić information content (AvgIpc) is 2.42. The van der Waals surface area contributed by atoms with Crippen LogP contribution in [-0.2, 0) is 0 Å². The van der Waals surface area contributed by atoms with Crippen LogP contribution in [0.15, 0.2) is 18.2 Å². The van der Waals surface area contributed by atoms with Crippen molar-refractivity contribution in [2.75, 3.05) is 5.32 Å². The van der Waals surface area contributed by atoms with Crippen LogP contribution in [0.25, 0.3) is 0 Å². The molecule has 0 heterocycles. The summed E-state index contributed by atoms with van der Waals surface area (Å²) in [6.45, 7) is 4.21. The van der Waals surface area contributed by atoms with Crippen molar-refractivity contribution in [3.05, 3.63) is 29.6 Å². The van der Waals surface area contributed by atoms with Crippen LogP contribution in [0.4, 0.5) is 10.1 Å². The average molecular weight is 287 g/mol. The summed E-state index contributed by atoms with van der Waals surface area (Å²) in [4.78, 5) is 0. The van der Waals surface area contributed by atoms with Gasteiger partial charge in [0.1, 0.15) is 5.82 Å². The molecular formula is C19H26FN. The van der Waals surface area contributed by atoms with Crippen LogP contribution in [0, 0.1) is 35.9 Å². The number of anilines is 1. The molecule has 0 spiro atoms. The van der Waals surface area contributed by atoms with E-state index in [2.05, 4.69) is 12.2 Å². The van der Waals surface area contributed by atoms with E-state index in [1.807, 2.05) is 19.1 Å². The molecule has 4 aliphatic rings. The van der Waals surface area contributed by atoms with Gasteiger partial charge in [0, 0.05) is 17.3 Å².